The molecule has 3 N–H and O–H groups in total. The number of aryl methyl sites for hydroxylation is 1. The Labute approximate surface area is 141 Å². The number of carbonyl (C=O) groups excluding carboxylic acids is 1. The molecule has 23 heavy (non-hydrogen) atoms. The number of ether oxygens (including phenoxy) is 1. The smallest absolute Gasteiger partial charge is 0.251 e. The van der Waals surface area contributed by atoms with Gasteiger partial charge in [0.05, 0.1) is 22.9 Å². The maximum Gasteiger partial charge on any atom is 0.251 e. The van der Waals surface area contributed by atoms with E-state index < -0.39 is 0 Å². The van der Waals surface area contributed by atoms with E-state index in [-0.39, 0.29) is 5.91 Å². The SMILES string of the molecule is COc1ccc2nc(Nc3sc4c(c3C(N)=O)CCC4)sc2c1. The highest BCUT2D eigenvalue weighted by molar-refractivity contribution is 7.23. The third kappa shape index (κ3) is 2.46. The minimum absolute atomic E-state index is 0.366. The Balaban J connectivity index is 1.72. The molecule has 1 aliphatic carbocycles. The van der Waals surface area contributed by atoms with E-state index >= 15 is 0 Å². The van der Waals surface area contributed by atoms with Crippen LogP contribution in [0.25, 0.3) is 10.2 Å². The molecule has 2 heterocycles. The number of nitrogens with one attached hydrogen (secondary N) is 1. The van der Waals surface area contributed by atoms with Crippen molar-refractivity contribution in [2.75, 3.05) is 12.4 Å². The summed E-state index contributed by atoms with van der Waals surface area (Å²) in [5.74, 6) is 0.440. The Kier molecular flexibility index (Phi) is 3.46. The number of amides is 1. The molecule has 1 aromatic carbocycles. The van der Waals surface area contributed by atoms with Crippen LogP contribution >= 0.6 is 22.7 Å². The van der Waals surface area contributed by atoms with Crippen LogP contribution in [-0.4, -0.2) is 18.0 Å². The first-order chi connectivity index (χ1) is 11.2. The Morgan fingerprint density at radius 1 is 1.35 bits per heavy atom. The van der Waals surface area contributed by atoms with Gasteiger partial charge in [-0.2, -0.15) is 0 Å². The van der Waals surface area contributed by atoms with Crippen molar-refractivity contribution in [1.29, 1.82) is 0 Å². The second-order valence-electron chi connectivity index (χ2n) is 5.40. The predicted octanol–water partition coefficient (Wildman–Crippen LogP) is 3.70. The average molecular weight is 345 g/mol. The largest absolute Gasteiger partial charge is 0.497 e. The van der Waals surface area contributed by atoms with Crippen LogP contribution < -0.4 is 15.8 Å². The predicted molar refractivity (Wildman–Crippen MR) is 94.3 cm³/mol. The zero-order valence-electron chi connectivity index (χ0n) is 12.5. The van der Waals surface area contributed by atoms with Crippen LogP contribution in [0.3, 0.4) is 0 Å². The number of hydrogen-bond acceptors (Lipinski definition) is 6. The minimum atomic E-state index is -0.366. The van der Waals surface area contributed by atoms with Gasteiger partial charge in [-0.1, -0.05) is 11.3 Å². The van der Waals surface area contributed by atoms with Gasteiger partial charge in [-0.15, -0.1) is 11.3 Å². The van der Waals surface area contributed by atoms with Crippen LogP contribution in [0.15, 0.2) is 18.2 Å². The van der Waals surface area contributed by atoms with E-state index in [0.29, 0.717) is 5.56 Å². The first kappa shape index (κ1) is 14.5. The van der Waals surface area contributed by atoms with Crippen LogP contribution in [-0.2, 0) is 12.8 Å². The zero-order chi connectivity index (χ0) is 16.0. The molecular weight excluding hydrogens is 330 g/mol. The highest BCUT2D eigenvalue weighted by atomic mass is 32.1. The van der Waals surface area contributed by atoms with Gasteiger partial charge in [0, 0.05) is 4.88 Å². The van der Waals surface area contributed by atoms with Gasteiger partial charge < -0.3 is 15.8 Å². The molecule has 4 rings (SSSR count). The number of thiophene rings is 1. The molecule has 0 fully saturated rings. The van der Waals surface area contributed by atoms with Gasteiger partial charge in [-0.25, -0.2) is 4.98 Å². The molecule has 0 radical (unpaired) electrons. The van der Waals surface area contributed by atoms with E-state index in [2.05, 4.69) is 10.3 Å². The van der Waals surface area contributed by atoms with E-state index in [1.54, 1.807) is 18.4 Å². The lowest BCUT2D eigenvalue weighted by Gasteiger charge is -2.03. The van der Waals surface area contributed by atoms with Crippen LogP contribution in [0.4, 0.5) is 10.1 Å². The van der Waals surface area contributed by atoms with Gasteiger partial charge in [-0.05, 0) is 43.0 Å². The van der Waals surface area contributed by atoms with Gasteiger partial charge in [0.1, 0.15) is 10.8 Å². The molecule has 1 amide bonds. The summed E-state index contributed by atoms with van der Waals surface area (Å²) < 4.78 is 6.28. The minimum Gasteiger partial charge on any atom is -0.497 e. The summed E-state index contributed by atoms with van der Waals surface area (Å²) in [6, 6.07) is 5.78. The Bertz CT molecular complexity index is 914. The van der Waals surface area contributed by atoms with Crippen LogP contribution in [0.5, 0.6) is 5.75 Å². The summed E-state index contributed by atoms with van der Waals surface area (Å²) in [5.41, 5.74) is 8.26. The Morgan fingerprint density at radius 2 is 2.22 bits per heavy atom. The molecule has 0 bridgehead atoms. The number of fused-ring (bicyclic) bond motifs is 2. The van der Waals surface area contributed by atoms with Gasteiger partial charge in [0.2, 0.25) is 0 Å². The van der Waals surface area contributed by atoms with Crippen molar-refractivity contribution >= 4 is 48.9 Å². The maximum atomic E-state index is 11.8. The van der Waals surface area contributed by atoms with Gasteiger partial charge in [-0.3, -0.25) is 4.79 Å². The van der Waals surface area contributed by atoms with Crippen molar-refractivity contribution in [1.82, 2.24) is 4.98 Å². The summed E-state index contributed by atoms with van der Waals surface area (Å²) >= 11 is 3.15. The summed E-state index contributed by atoms with van der Waals surface area (Å²) in [4.78, 5) is 17.7. The number of aromatic nitrogens is 1. The van der Waals surface area contributed by atoms with E-state index in [9.17, 15) is 4.79 Å². The number of benzene rings is 1. The molecule has 0 saturated carbocycles. The fourth-order valence-corrected chi connectivity index (χ4v) is 5.19. The molecule has 0 atom stereocenters. The quantitative estimate of drug-likeness (QED) is 0.756. The summed E-state index contributed by atoms with van der Waals surface area (Å²) in [7, 11) is 1.65. The molecule has 3 aromatic rings. The molecule has 1 aliphatic rings. The van der Waals surface area contributed by atoms with Crippen molar-refractivity contribution in [2.45, 2.75) is 19.3 Å². The van der Waals surface area contributed by atoms with Gasteiger partial charge in [0.15, 0.2) is 5.13 Å². The van der Waals surface area contributed by atoms with Crippen LogP contribution in [0.1, 0.15) is 27.2 Å². The summed E-state index contributed by atoms with van der Waals surface area (Å²) in [5, 5.41) is 4.87. The second kappa shape index (κ2) is 5.50. The number of carbonyl (C=O) groups is 1. The van der Waals surface area contributed by atoms with Crippen molar-refractivity contribution in [3.8, 4) is 5.75 Å². The number of methoxy groups -OCH3 is 1. The third-order valence-corrected chi connectivity index (χ3v) is 6.12. The number of nitrogens with two attached hydrogens (primary N) is 1. The average Bonchev–Trinajstić information content (AvgIpc) is 3.19. The lowest BCUT2D eigenvalue weighted by molar-refractivity contribution is 0.100. The highest BCUT2D eigenvalue weighted by Crippen LogP contribution is 2.41. The number of primary amides is 1. The molecule has 0 spiro atoms. The number of anilines is 2. The van der Waals surface area contributed by atoms with E-state index in [1.165, 1.54) is 16.2 Å². The number of hydrogen-bond donors (Lipinski definition) is 2. The molecule has 0 unspecified atom stereocenters. The first-order valence-electron chi connectivity index (χ1n) is 7.31. The van der Waals surface area contributed by atoms with E-state index in [1.807, 2.05) is 18.2 Å². The van der Waals surface area contributed by atoms with E-state index in [4.69, 9.17) is 10.5 Å². The summed E-state index contributed by atoms with van der Waals surface area (Å²) in [6.07, 6.45) is 3.06. The number of thiazole rings is 1. The maximum absolute atomic E-state index is 11.8. The van der Waals surface area contributed by atoms with Gasteiger partial charge >= 0.3 is 0 Å². The Hall–Kier alpha value is -2.12. The van der Waals surface area contributed by atoms with Crippen LogP contribution in [0, 0.1) is 0 Å². The fraction of sp³-hybridized carbons (Fsp3) is 0.250. The zero-order valence-corrected chi connectivity index (χ0v) is 14.1. The fourth-order valence-electron chi connectivity index (χ4n) is 2.94. The number of nitrogens with zero attached hydrogens (tertiary/aromatic N) is 1. The highest BCUT2D eigenvalue weighted by Gasteiger charge is 2.25. The third-order valence-electron chi connectivity index (χ3n) is 3.98. The lowest BCUT2D eigenvalue weighted by Crippen LogP contribution is -2.13. The number of rotatable bonds is 4. The monoisotopic (exact) mass is 345 g/mol. The Morgan fingerprint density at radius 3 is 3.00 bits per heavy atom. The van der Waals surface area contributed by atoms with Crippen LogP contribution in [0.2, 0.25) is 0 Å². The molecule has 7 heteroatoms. The second-order valence-corrected chi connectivity index (χ2v) is 7.54. The summed E-state index contributed by atoms with van der Waals surface area (Å²) in [6.45, 7) is 0. The molecule has 118 valence electrons. The van der Waals surface area contributed by atoms with Crippen molar-refractivity contribution in [2.24, 2.45) is 5.73 Å². The normalized spacial score (nSPS) is 13.3. The molecular formula is C16H15N3O2S2. The first-order valence-corrected chi connectivity index (χ1v) is 8.95. The molecule has 0 saturated heterocycles. The molecule has 0 aliphatic heterocycles. The van der Waals surface area contributed by atoms with E-state index in [0.717, 1.165) is 50.9 Å². The molecule has 5 nitrogen and oxygen atoms in total. The van der Waals surface area contributed by atoms with Crippen molar-refractivity contribution < 1.29 is 9.53 Å². The van der Waals surface area contributed by atoms with Crippen molar-refractivity contribution in [3.05, 3.63) is 34.2 Å². The van der Waals surface area contributed by atoms with Crippen molar-refractivity contribution in [3.63, 3.8) is 0 Å². The standard InChI is InChI=1S/C16H15N3O2S2/c1-21-8-5-6-10-12(7-8)23-16(18-10)19-15-13(14(17)20)9-3-2-4-11(9)22-15/h5-7H,2-4H2,1H3,(H2,17,20)(H,18,19). The lowest BCUT2D eigenvalue weighted by atomic mass is 10.1. The van der Waals surface area contributed by atoms with Gasteiger partial charge in [0.25, 0.3) is 5.91 Å². The molecule has 2 aromatic heterocycles. The topological polar surface area (TPSA) is 77.2 Å².